The molecule has 1 aromatic rings. The number of carbonyl (C=O) groups is 1. The molecule has 0 bridgehead atoms. The van der Waals surface area contributed by atoms with Gasteiger partial charge in [0.15, 0.2) is 0 Å². The highest BCUT2D eigenvalue weighted by Crippen LogP contribution is 2.30. The van der Waals surface area contributed by atoms with E-state index < -0.39 is 6.10 Å². The van der Waals surface area contributed by atoms with Gasteiger partial charge in [-0.1, -0.05) is 29.3 Å². The van der Waals surface area contributed by atoms with Crippen molar-refractivity contribution in [3.63, 3.8) is 0 Å². The number of fused-ring (bicyclic) bond motifs is 1. The highest BCUT2D eigenvalue weighted by molar-refractivity contribution is 6.42. The first-order valence-electron chi connectivity index (χ1n) is 9.26. The molecule has 1 aromatic carbocycles. The molecule has 2 aliphatic rings. The molecule has 2 fully saturated rings. The van der Waals surface area contributed by atoms with Crippen LogP contribution in [0.15, 0.2) is 18.2 Å². The lowest BCUT2D eigenvalue weighted by molar-refractivity contribution is -0.158. The number of nitrogens with one attached hydrogen (secondary N) is 1. The summed E-state index contributed by atoms with van der Waals surface area (Å²) in [5, 5.41) is 13.9. The molecule has 2 heterocycles. The number of aliphatic hydroxyl groups excluding tert-OH is 1. The van der Waals surface area contributed by atoms with Crippen molar-refractivity contribution in [2.75, 3.05) is 26.8 Å². The van der Waals surface area contributed by atoms with E-state index >= 15 is 0 Å². The number of nitrogens with zero attached hydrogens (tertiary/aromatic N) is 1. The molecule has 2 aliphatic heterocycles. The summed E-state index contributed by atoms with van der Waals surface area (Å²) < 4.78 is 11.8. The first-order chi connectivity index (χ1) is 13.0. The van der Waals surface area contributed by atoms with Crippen LogP contribution in [0.4, 0.5) is 0 Å². The maximum absolute atomic E-state index is 11.7. The summed E-state index contributed by atoms with van der Waals surface area (Å²) in [7, 11) is 1.63. The maximum atomic E-state index is 11.7. The zero-order valence-electron chi connectivity index (χ0n) is 15.4. The highest BCUT2D eigenvalue weighted by atomic mass is 35.5. The summed E-state index contributed by atoms with van der Waals surface area (Å²) in [6, 6.07) is 5.70. The average molecular weight is 417 g/mol. The molecule has 0 spiro atoms. The Bertz CT molecular complexity index is 661. The van der Waals surface area contributed by atoms with E-state index in [4.69, 9.17) is 32.7 Å². The number of carbonyl (C=O) groups excluding carboxylic acids is 1. The van der Waals surface area contributed by atoms with Crippen LogP contribution in [0.5, 0.6) is 0 Å². The molecule has 4 atom stereocenters. The third-order valence-corrected chi connectivity index (χ3v) is 5.89. The number of hydrogen-bond acceptors (Lipinski definition) is 5. The van der Waals surface area contributed by atoms with Gasteiger partial charge in [-0.3, -0.25) is 9.69 Å². The second kappa shape index (κ2) is 9.54. The predicted octanol–water partition coefficient (Wildman–Crippen LogP) is 2.24. The van der Waals surface area contributed by atoms with Crippen molar-refractivity contribution in [1.29, 1.82) is 0 Å². The lowest BCUT2D eigenvalue weighted by atomic mass is 9.94. The van der Waals surface area contributed by atoms with Gasteiger partial charge >= 0.3 is 0 Å². The number of hydrogen-bond donors (Lipinski definition) is 2. The molecule has 0 saturated carbocycles. The summed E-state index contributed by atoms with van der Waals surface area (Å²) in [5.41, 5.74) is 1.03. The van der Waals surface area contributed by atoms with E-state index in [2.05, 4.69) is 10.2 Å². The van der Waals surface area contributed by atoms with Gasteiger partial charge in [0, 0.05) is 26.2 Å². The zero-order chi connectivity index (χ0) is 19.4. The monoisotopic (exact) mass is 416 g/mol. The topological polar surface area (TPSA) is 71.0 Å². The second-order valence-corrected chi connectivity index (χ2v) is 8.00. The molecule has 2 N–H and O–H groups in total. The van der Waals surface area contributed by atoms with E-state index in [0.29, 0.717) is 36.2 Å². The maximum Gasteiger partial charge on any atom is 0.222 e. The van der Waals surface area contributed by atoms with Gasteiger partial charge in [-0.25, -0.2) is 0 Å². The Hall–Kier alpha value is -0.890. The summed E-state index contributed by atoms with van der Waals surface area (Å²) in [5.74, 6) is -0.0201. The number of rotatable bonds is 4. The van der Waals surface area contributed by atoms with Gasteiger partial charge < -0.3 is 19.9 Å². The number of aliphatic hydroxyl groups is 1. The normalized spacial score (nSPS) is 29.5. The largest absolute Gasteiger partial charge is 0.389 e. The van der Waals surface area contributed by atoms with Crippen LogP contribution < -0.4 is 5.32 Å². The summed E-state index contributed by atoms with van der Waals surface area (Å²) in [6.07, 6.45) is 1.23. The molecule has 6 nitrogen and oxygen atoms in total. The summed E-state index contributed by atoms with van der Waals surface area (Å²) in [4.78, 5) is 13.9. The van der Waals surface area contributed by atoms with Crippen LogP contribution in [0.3, 0.4) is 0 Å². The number of benzene rings is 1. The Morgan fingerprint density at radius 2 is 2.11 bits per heavy atom. The molecule has 0 radical (unpaired) electrons. The third kappa shape index (κ3) is 5.56. The van der Waals surface area contributed by atoms with Crippen LogP contribution in [-0.4, -0.2) is 67.1 Å². The smallest absolute Gasteiger partial charge is 0.222 e. The fourth-order valence-electron chi connectivity index (χ4n) is 3.81. The fourth-order valence-corrected chi connectivity index (χ4v) is 4.13. The molecule has 3 rings (SSSR count). The third-order valence-electron chi connectivity index (χ3n) is 5.15. The van der Waals surface area contributed by atoms with Gasteiger partial charge in [0.05, 0.1) is 48.0 Å². The van der Waals surface area contributed by atoms with Crippen LogP contribution in [0, 0.1) is 0 Å². The molecule has 1 amide bonds. The molecule has 0 unspecified atom stereocenters. The van der Waals surface area contributed by atoms with Gasteiger partial charge in [-0.2, -0.15) is 0 Å². The lowest BCUT2D eigenvalue weighted by Crippen LogP contribution is -2.55. The van der Waals surface area contributed by atoms with Crippen LogP contribution in [0.1, 0.15) is 24.8 Å². The van der Waals surface area contributed by atoms with Gasteiger partial charge in [0.2, 0.25) is 5.91 Å². The Morgan fingerprint density at radius 1 is 1.30 bits per heavy atom. The van der Waals surface area contributed by atoms with Crippen LogP contribution in [0.2, 0.25) is 10.0 Å². The van der Waals surface area contributed by atoms with Crippen molar-refractivity contribution in [3.05, 3.63) is 33.8 Å². The van der Waals surface area contributed by atoms with Crippen molar-refractivity contribution >= 4 is 29.1 Å². The quantitative estimate of drug-likeness (QED) is 0.787. The van der Waals surface area contributed by atoms with Crippen molar-refractivity contribution < 1.29 is 19.4 Å². The van der Waals surface area contributed by atoms with Gasteiger partial charge in [0.25, 0.3) is 0 Å². The van der Waals surface area contributed by atoms with E-state index in [0.717, 1.165) is 18.4 Å². The fraction of sp³-hybridized carbons (Fsp3) is 0.632. The van der Waals surface area contributed by atoms with Crippen LogP contribution >= 0.6 is 23.2 Å². The van der Waals surface area contributed by atoms with Crippen LogP contribution in [-0.2, 0) is 20.8 Å². The number of ether oxygens (including phenoxy) is 2. The molecular weight excluding hydrogens is 391 g/mol. The van der Waals surface area contributed by atoms with Crippen molar-refractivity contribution in [2.45, 2.75) is 50.2 Å². The molecule has 2 saturated heterocycles. The molecule has 0 aliphatic carbocycles. The van der Waals surface area contributed by atoms with E-state index in [-0.39, 0.29) is 30.8 Å². The Balaban J connectivity index is 1.73. The second-order valence-electron chi connectivity index (χ2n) is 7.19. The molecule has 27 heavy (non-hydrogen) atoms. The van der Waals surface area contributed by atoms with Gasteiger partial charge in [0.1, 0.15) is 0 Å². The average Bonchev–Trinajstić information content (AvgIpc) is 2.63. The van der Waals surface area contributed by atoms with Crippen molar-refractivity contribution in [3.8, 4) is 0 Å². The Labute approximate surface area is 169 Å². The summed E-state index contributed by atoms with van der Waals surface area (Å²) in [6.45, 7) is 1.80. The zero-order valence-corrected chi connectivity index (χ0v) is 16.9. The summed E-state index contributed by atoms with van der Waals surface area (Å²) >= 11 is 12.2. The standard InChI is InChI=1S/C19H26Cl2N2O4/c1-22-19(25)7-14-3-5-17-18(27-14)11-26-10-13(24)9-23(17)8-12-2-4-15(20)16(21)6-12/h2,4,6,13-14,17-18,24H,3,5,7-11H2,1H3,(H,22,25)/t13-,14+,17+,18-/m0/s1. The number of halogens is 2. The molecule has 150 valence electrons. The Morgan fingerprint density at radius 3 is 2.85 bits per heavy atom. The van der Waals surface area contributed by atoms with E-state index in [1.807, 2.05) is 12.1 Å². The van der Waals surface area contributed by atoms with Crippen molar-refractivity contribution in [1.82, 2.24) is 10.2 Å². The van der Waals surface area contributed by atoms with Crippen LogP contribution in [0.25, 0.3) is 0 Å². The van der Waals surface area contributed by atoms with E-state index in [1.165, 1.54) is 0 Å². The molecule has 8 heteroatoms. The number of β-amino-alcohol motifs (C(OH)–C–C–N with tert-alkyl or cyclic N) is 1. The van der Waals surface area contributed by atoms with E-state index in [9.17, 15) is 9.90 Å². The predicted molar refractivity (Wildman–Crippen MR) is 104 cm³/mol. The first kappa shape index (κ1) is 20.8. The highest BCUT2D eigenvalue weighted by Gasteiger charge is 2.37. The van der Waals surface area contributed by atoms with Gasteiger partial charge in [-0.15, -0.1) is 0 Å². The first-order valence-corrected chi connectivity index (χ1v) is 10.0. The SMILES string of the molecule is CNC(=O)C[C@H]1CC[C@@H]2[C@H](COC[C@@H](O)CN2Cc2ccc(Cl)c(Cl)c2)O1. The lowest BCUT2D eigenvalue weighted by Gasteiger charge is -2.44. The minimum absolute atomic E-state index is 0.0201. The van der Waals surface area contributed by atoms with E-state index in [1.54, 1.807) is 13.1 Å². The minimum Gasteiger partial charge on any atom is -0.389 e. The van der Waals surface area contributed by atoms with Crippen molar-refractivity contribution in [2.24, 2.45) is 0 Å². The van der Waals surface area contributed by atoms with Gasteiger partial charge in [-0.05, 0) is 30.5 Å². The molecule has 0 aromatic heterocycles. The molecular formula is C19H26Cl2N2O4. The Kier molecular flexibility index (Phi) is 7.36. The number of amides is 1. The minimum atomic E-state index is -0.558.